The first-order chi connectivity index (χ1) is 14.5. The normalized spacial score (nSPS) is 10.6. The highest BCUT2D eigenvalue weighted by molar-refractivity contribution is 14.0. The molecule has 2 aromatic rings. The van der Waals surface area contributed by atoms with Crippen molar-refractivity contribution in [1.29, 1.82) is 0 Å². The largest absolute Gasteiger partial charge is 0.378 e. The zero-order chi connectivity index (χ0) is 21.8. The first-order valence-electron chi connectivity index (χ1n) is 9.85. The van der Waals surface area contributed by atoms with E-state index in [1.807, 2.05) is 25.1 Å². The minimum Gasteiger partial charge on any atom is -0.378 e. The fraction of sp³-hybridized carbons (Fsp3) is 0.333. The summed E-state index contributed by atoms with van der Waals surface area (Å²) in [6.07, 6.45) is 0.704. The van der Waals surface area contributed by atoms with Crippen molar-refractivity contribution < 1.29 is 9.72 Å². The van der Waals surface area contributed by atoms with Crippen LogP contribution < -0.4 is 21.3 Å². The van der Waals surface area contributed by atoms with Crippen molar-refractivity contribution in [3.05, 3.63) is 69.8 Å². The summed E-state index contributed by atoms with van der Waals surface area (Å²) in [5, 5.41) is 23.1. The third-order valence-corrected chi connectivity index (χ3v) is 4.26. The summed E-state index contributed by atoms with van der Waals surface area (Å²) in [4.78, 5) is 26.9. The summed E-state index contributed by atoms with van der Waals surface area (Å²) >= 11 is 0. The SMILES string of the molecule is CCNC(=NCCc1cccc(C(=O)NC)c1)NCCNc1ccccc1[N+](=O)[O-].I. The van der Waals surface area contributed by atoms with Gasteiger partial charge in [0.15, 0.2) is 5.96 Å². The molecule has 1 amide bonds. The number of nitrogens with one attached hydrogen (secondary N) is 4. The average molecular weight is 540 g/mol. The lowest BCUT2D eigenvalue weighted by Gasteiger charge is -2.12. The first kappa shape index (κ1) is 26.1. The van der Waals surface area contributed by atoms with E-state index in [1.165, 1.54) is 6.07 Å². The van der Waals surface area contributed by atoms with E-state index in [9.17, 15) is 14.9 Å². The number of amides is 1. The minimum atomic E-state index is -0.402. The molecule has 0 saturated carbocycles. The van der Waals surface area contributed by atoms with Gasteiger partial charge in [0.25, 0.3) is 11.6 Å². The monoisotopic (exact) mass is 540 g/mol. The van der Waals surface area contributed by atoms with E-state index in [0.29, 0.717) is 43.3 Å². The Kier molecular flexibility index (Phi) is 12.0. The number of carbonyl (C=O) groups is 1. The third kappa shape index (κ3) is 8.79. The lowest BCUT2D eigenvalue weighted by Crippen LogP contribution is -2.39. The van der Waals surface area contributed by atoms with Crippen LogP contribution in [0.1, 0.15) is 22.8 Å². The van der Waals surface area contributed by atoms with Crippen LogP contribution in [-0.4, -0.2) is 50.0 Å². The zero-order valence-electron chi connectivity index (χ0n) is 17.7. The Morgan fingerprint density at radius 1 is 1.10 bits per heavy atom. The predicted octanol–water partition coefficient (Wildman–Crippen LogP) is 2.78. The Bertz CT molecular complexity index is 891. The van der Waals surface area contributed by atoms with Gasteiger partial charge in [0.05, 0.1) is 4.92 Å². The number of rotatable bonds is 10. The molecule has 0 fully saturated rings. The number of nitrogens with zero attached hydrogens (tertiary/aromatic N) is 2. The highest BCUT2D eigenvalue weighted by atomic mass is 127. The fourth-order valence-electron chi connectivity index (χ4n) is 2.81. The quantitative estimate of drug-likeness (QED) is 0.0919. The molecule has 168 valence electrons. The zero-order valence-corrected chi connectivity index (χ0v) is 20.0. The molecule has 0 aliphatic rings. The summed E-state index contributed by atoms with van der Waals surface area (Å²) < 4.78 is 0. The van der Waals surface area contributed by atoms with Crippen LogP contribution in [0.5, 0.6) is 0 Å². The number of benzene rings is 2. The Balaban J connectivity index is 0.00000480. The second-order valence-corrected chi connectivity index (χ2v) is 6.42. The summed E-state index contributed by atoms with van der Waals surface area (Å²) in [5.41, 5.74) is 2.21. The molecule has 0 unspecified atom stereocenters. The molecule has 0 radical (unpaired) electrons. The second kappa shape index (κ2) is 14.2. The second-order valence-electron chi connectivity index (χ2n) is 6.42. The highest BCUT2D eigenvalue weighted by Crippen LogP contribution is 2.22. The van der Waals surface area contributed by atoms with Crippen LogP contribution in [0.4, 0.5) is 11.4 Å². The summed E-state index contributed by atoms with van der Waals surface area (Å²) in [6, 6.07) is 14.0. The van der Waals surface area contributed by atoms with E-state index in [4.69, 9.17) is 0 Å². The van der Waals surface area contributed by atoms with Crippen LogP contribution in [0.2, 0.25) is 0 Å². The lowest BCUT2D eigenvalue weighted by molar-refractivity contribution is -0.384. The lowest BCUT2D eigenvalue weighted by atomic mass is 10.1. The molecule has 9 nitrogen and oxygen atoms in total. The van der Waals surface area contributed by atoms with Gasteiger partial charge in [-0.1, -0.05) is 24.3 Å². The molecular formula is C21H29IN6O3. The van der Waals surface area contributed by atoms with Gasteiger partial charge in [-0.15, -0.1) is 24.0 Å². The third-order valence-electron chi connectivity index (χ3n) is 4.26. The summed E-state index contributed by atoms with van der Waals surface area (Å²) in [6.45, 7) is 4.31. The summed E-state index contributed by atoms with van der Waals surface area (Å²) in [7, 11) is 1.61. The van der Waals surface area contributed by atoms with Gasteiger partial charge in [-0.2, -0.15) is 0 Å². The van der Waals surface area contributed by atoms with E-state index in [2.05, 4.69) is 26.3 Å². The molecule has 4 N–H and O–H groups in total. The Hall–Kier alpha value is -2.89. The molecule has 0 spiro atoms. The van der Waals surface area contributed by atoms with Gasteiger partial charge < -0.3 is 21.3 Å². The van der Waals surface area contributed by atoms with Crippen LogP contribution in [0, 0.1) is 10.1 Å². The number of hydrogen-bond donors (Lipinski definition) is 4. The molecule has 31 heavy (non-hydrogen) atoms. The molecule has 0 saturated heterocycles. The average Bonchev–Trinajstić information content (AvgIpc) is 2.76. The number of para-hydroxylation sites is 2. The van der Waals surface area contributed by atoms with Crippen LogP contribution in [-0.2, 0) is 6.42 Å². The van der Waals surface area contributed by atoms with E-state index in [0.717, 1.165) is 12.1 Å². The van der Waals surface area contributed by atoms with Gasteiger partial charge in [0.1, 0.15) is 5.69 Å². The van der Waals surface area contributed by atoms with Crippen LogP contribution in [0.3, 0.4) is 0 Å². The maximum Gasteiger partial charge on any atom is 0.292 e. The number of hydrogen-bond acceptors (Lipinski definition) is 5. The molecule has 0 aliphatic heterocycles. The standard InChI is InChI=1S/C21H28N6O3.HI/c1-3-23-21(25-12-11-16-7-6-8-17(15-16)20(28)22-2)26-14-13-24-18-9-4-5-10-19(18)27(29)30;/h4-10,15,24H,3,11-14H2,1-2H3,(H,22,28)(H2,23,25,26);1H. The number of guanidine groups is 1. The van der Waals surface area contributed by atoms with Gasteiger partial charge in [-0.3, -0.25) is 19.9 Å². The molecular weight excluding hydrogens is 511 g/mol. The van der Waals surface area contributed by atoms with Gasteiger partial charge in [-0.25, -0.2) is 0 Å². The number of halogens is 1. The Morgan fingerprint density at radius 3 is 2.58 bits per heavy atom. The smallest absolute Gasteiger partial charge is 0.292 e. The van der Waals surface area contributed by atoms with E-state index < -0.39 is 4.92 Å². The van der Waals surface area contributed by atoms with Gasteiger partial charge >= 0.3 is 0 Å². The topological polar surface area (TPSA) is 121 Å². The molecule has 0 aliphatic carbocycles. The number of carbonyl (C=O) groups excluding carboxylic acids is 1. The molecule has 2 aromatic carbocycles. The maximum atomic E-state index is 11.7. The Morgan fingerprint density at radius 2 is 1.87 bits per heavy atom. The molecule has 10 heteroatoms. The van der Waals surface area contributed by atoms with E-state index >= 15 is 0 Å². The number of nitro benzene ring substituents is 1. The van der Waals surface area contributed by atoms with Crippen molar-refractivity contribution >= 4 is 47.2 Å². The Labute approximate surface area is 199 Å². The van der Waals surface area contributed by atoms with Crippen molar-refractivity contribution in [1.82, 2.24) is 16.0 Å². The van der Waals surface area contributed by atoms with E-state index in [-0.39, 0.29) is 35.6 Å². The van der Waals surface area contributed by atoms with Crippen molar-refractivity contribution in [3.63, 3.8) is 0 Å². The fourth-order valence-corrected chi connectivity index (χ4v) is 2.81. The molecule has 0 aromatic heterocycles. The van der Waals surface area contributed by atoms with Gasteiger partial charge in [-0.05, 0) is 37.1 Å². The maximum absolute atomic E-state index is 11.7. The number of aliphatic imine (C=N–C) groups is 1. The van der Waals surface area contributed by atoms with Crippen molar-refractivity contribution in [2.24, 2.45) is 4.99 Å². The van der Waals surface area contributed by atoms with Crippen molar-refractivity contribution in [2.45, 2.75) is 13.3 Å². The number of nitro groups is 1. The van der Waals surface area contributed by atoms with Crippen molar-refractivity contribution in [3.8, 4) is 0 Å². The molecule has 0 atom stereocenters. The summed E-state index contributed by atoms with van der Waals surface area (Å²) in [5.74, 6) is 0.561. The predicted molar refractivity (Wildman–Crippen MR) is 135 cm³/mol. The van der Waals surface area contributed by atoms with Crippen LogP contribution in [0.15, 0.2) is 53.5 Å². The van der Waals surface area contributed by atoms with Gasteiger partial charge in [0, 0.05) is 44.9 Å². The highest BCUT2D eigenvalue weighted by Gasteiger charge is 2.11. The van der Waals surface area contributed by atoms with E-state index in [1.54, 1.807) is 31.3 Å². The molecule has 2 rings (SSSR count). The van der Waals surface area contributed by atoms with Gasteiger partial charge in [0.2, 0.25) is 0 Å². The van der Waals surface area contributed by atoms with Crippen molar-refractivity contribution in [2.75, 3.05) is 38.5 Å². The molecule has 0 heterocycles. The first-order valence-corrected chi connectivity index (χ1v) is 9.85. The molecule has 0 bridgehead atoms. The minimum absolute atomic E-state index is 0. The number of anilines is 1. The van der Waals surface area contributed by atoms with Crippen LogP contribution in [0.25, 0.3) is 0 Å². The van der Waals surface area contributed by atoms with Crippen LogP contribution >= 0.6 is 24.0 Å².